The zero-order chi connectivity index (χ0) is 11.4. The van der Waals surface area contributed by atoms with Gasteiger partial charge in [-0.1, -0.05) is 0 Å². The lowest BCUT2D eigenvalue weighted by Crippen LogP contribution is -2.18. The summed E-state index contributed by atoms with van der Waals surface area (Å²) in [4.78, 5) is 0.0389. The molecule has 2 nitrogen and oxygen atoms in total. The molecule has 0 saturated carbocycles. The van der Waals surface area contributed by atoms with Crippen LogP contribution in [0.25, 0.3) is 0 Å². The maximum atomic E-state index is 13.2. The number of rotatable bonds is 4. The SMILES string of the molecule is CC(N)CCS(=O)c1ccc(F)cc1F. The fraction of sp³-hybridized carbons (Fsp3) is 0.400. The Bertz CT molecular complexity index is 368. The van der Waals surface area contributed by atoms with Crippen molar-refractivity contribution >= 4 is 10.8 Å². The largest absolute Gasteiger partial charge is 0.328 e. The maximum Gasteiger partial charge on any atom is 0.142 e. The lowest BCUT2D eigenvalue weighted by Gasteiger charge is -2.05. The van der Waals surface area contributed by atoms with Crippen LogP contribution in [0.3, 0.4) is 0 Å². The molecule has 2 N–H and O–H groups in total. The van der Waals surface area contributed by atoms with Crippen LogP contribution in [-0.2, 0) is 10.8 Å². The Morgan fingerprint density at radius 3 is 2.67 bits per heavy atom. The minimum atomic E-state index is -1.45. The van der Waals surface area contributed by atoms with Gasteiger partial charge in [0.2, 0.25) is 0 Å². The van der Waals surface area contributed by atoms with Gasteiger partial charge >= 0.3 is 0 Å². The van der Waals surface area contributed by atoms with E-state index >= 15 is 0 Å². The molecule has 0 aliphatic rings. The van der Waals surface area contributed by atoms with Crippen molar-refractivity contribution in [2.45, 2.75) is 24.3 Å². The topological polar surface area (TPSA) is 43.1 Å². The quantitative estimate of drug-likeness (QED) is 0.861. The first-order valence-electron chi connectivity index (χ1n) is 4.59. The minimum Gasteiger partial charge on any atom is -0.328 e. The molecule has 0 aliphatic heterocycles. The van der Waals surface area contributed by atoms with Crippen LogP contribution in [0.5, 0.6) is 0 Å². The summed E-state index contributed by atoms with van der Waals surface area (Å²) < 4.78 is 37.3. The van der Waals surface area contributed by atoms with E-state index in [1.54, 1.807) is 6.92 Å². The fourth-order valence-electron chi connectivity index (χ4n) is 1.06. The second-order valence-corrected chi connectivity index (χ2v) is 4.93. The molecule has 1 aromatic carbocycles. The molecule has 0 aliphatic carbocycles. The van der Waals surface area contributed by atoms with Gasteiger partial charge in [0, 0.05) is 17.9 Å². The van der Waals surface area contributed by atoms with Crippen molar-refractivity contribution < 1.29 is 13.0 Å². The Morgan fingerprint density at radius 1 is 1.47 bits per heavy atom. The van der Waals surface area contributed by atoms with E-state index in [0.29, 0.717) is 12.2 Å². The number of hydrogen-bond donors (Lipinski definition) is 1. The summed E-state index contributed by atoms with van der Waals surface area (Å²) in [6.07, 6.45) is 0.545. The predicted octanol–water partition coefficient (Wildman–Crippen LogP) is 1.81. The molecule has 0 bridgehead atoms. The Labute approximate surface area is 89.9 Å². The van der Waals surface area contributed by atoms with Crippen LogP contribution in [0.4, 0.5) is 8.78 Å². The Morgan fingerprint density at radius 2 is 2.13 bits per heavy atom. The first kappa shape index (κ1) is 12.3. The molecule has 0 aromatic heterocycles. The molecule has 0 spiro atoms. The van der Waals surface area contributed by atoms with Crippen molar-refractivity contribution in [3.05, 3.63) is 29.8 Å². The third kappa shape index (κ3) is 3.68. The highest BCUT2D eigenvalue weighted by Gasteiger charge is 2.11. The monoisotopic (exact) mass is 233 g/mol. The molecule has 5 heteroatoms. The molecule has 84 valence electrons. The van der Waals surface area contributed by atoms with E-state index < -0.39 is 22.4 Å². The first-order valence-corrected chi connectivity index (χ1v) is 5.91. The van der Waals surface area contributed by atoms with Gasteiger partial charge in [-0.2, -0.15) is 0 Å². The summed E-state index contributed by atoms with van der Waals surface area (Å²) in [6, 6.07) is 2.97. The van der Waals surface area contributed by atoms with Gasteiger partial charge in [-0.15, -0.1) is 0 Å². The number of nitrogens with two attached hydrogens (primary N) is 1. The standard InChI is InChI=1S/C10H13F2NOS/c1-7(13)4-5-15(14)10-3-2-8(11)6-9(10)12/h2-3,6-7H,4-5,13H2,1H3. The smallest absolute Gasteiger partial charge is 0.142 e. The minimum absolute atomic E-state index is 0.0389. The van der Waals surface area contributed by atoms with E-state index in [9.17, 15) is 13.0 Å². The van der Waals surface area contributed by atoms with E-state index in [1.165, 1.54) is 6.07 Å². The normalized spacial score (nSPS) is 14.9. The highest BCUT2D eigenvalue weighted by atomic mass is 32.2. The fourth-order valence-corrected chi connectivity index (χ4v) is 2.36. The average Bonchev–Trinajstić information content (AvgIpc) is 2.14. The van der Waals surface area contributed by atoms with Crippen molar-refractivity contribution in [1.29, 1.82) is 0 Å². The van der Waals surface area contributed by atoms with Crippen molar-refractivity contribution in [2.24, 2.45) is 5.73 Å². The van der Waals surface area contributed by atoms with Gasteiger partial charge in [-0.25, -0.2) is 8.78 Å². The number of halogens is 2. The van der Waals surface area contributed by atoms with Gasteiger partial charge in [0.15, 0.2) is 0 Å². The van der Waals surface area contributed by atoms with Crippen LogP contribution in [0.2, 0.25) is 0 Å². The Hall–Kier alpha value is -0.810. The van der Waals surface area contributed by atoms with Crippen LogP contribution in [0, 0.1) is 11.6 Å². The summed E-state index contributed by atoms with van der Waals surface area (Å²) in [5, 5.41) is 0. The molecule has 0 radical (unpaired) electrons. The lowest BCUT2D eigenvalue weighted by atomic mass is 10.3. The van der Waals surface area contributed by atoms with Crippen molar-refractivity contribution in [3.63, 3.8) is 0 Å². The van der Waals surface area contributed by atoms with Crippen molar-refractivity contribution in [3.8, 4) is 0 Å². The third-order valence-corrected chi connectivity index (χ3v) is 3.33. The van der Waals surface area contributed by atoms with Gasteiger partial charge in [0.1, 0.15) is 11.6 Å². The molecular weight excluding hydrogens is 220 g/mol. The zero-order valence-electron chi connectivity index (χ0n) is 8.37. The molecule has 0 fully saturated rings. The first-order chi connectivity index (χ1) is 7.00. The molecule has 0 amide bonds. The second kappa shape index (κ2) is 5.32. The van der Waals surface area contributed by atoms with Gasteiger partial charge in [0.25, 0.3) is 0 Å². The van der Waals surface area contributed by atoms with E-state index in [4.69, 9.17) is 5.73 Å². The molecule has 2 atom stereocenters. The van der Waals surface area contributed by atoms with Crippen molar-refractivity contribution in [1.82, 2.24) is 0 Å². The van der Waals surface area contributed by atoms with E-state index in [1.807, 2.05) is 0 Å². The van der Waals surface area contributed by atoms with Gasteiger partial charge in [0.05, 0.1) is 15.7 Å². The number of hydrogen-bond acceptors (Lipinski definition) is 2. The second-order valence-electron chi connectivity index (χ2n) is 3.39. The Balaban J connectivity index is 2.74. The van der Waals surface area contributed by atoms with E-state index in [0.717, 1.165) is 12.1 Å². The highest BCUT2D eigenvalue weighted by Crippen LogP contribution is 2.14. The van der Waals surface area contributed by atoms with Gasteiger partial charge in [-0.05, 0) is 25.5 Å². The summed E-state index contributed by atoms with van der Waals surface area (Å²) in [5.41, 5.74) is 5.49. The molecule has 0 saturated heterocycles. The van der Waals surface area contributed by atoms with Crippen LogP contribution in [-0.4, -0.2) is 16.0 Å². The summed E-state index contributed by atoms with van der Waals surface area (Å²) in [6.45, 7) is 1.79. The van der Waals surface area contributed by atoms with Crippen LogP contribution < -0.4 is 5.73 Å². The molecule has 15 heavy (non-hydrogen) atoms. The van der Waals surface area contributed by atoms with Gasteiger partial charge < -0.3 is 5.73 Å². The van der Waals surface area contributed by atoms with E-state index in [2.05, 4.69) is 0 Å². The van der Waals surface area contributed by atoms with E-state index in [-0.39, 0.29) is 10.9 Å². The molecule has 1 rings (SSSR count). The molecule has 0 heterocycles. The van der Waals surface area contributed by atoms with Crippen LogP contribution in [0.15, 0.2) is 23.1 Å². The zero-order valence-corrected chi connectivity index (χ0v) is 9.19. The highest BCUT2D eigenvalue weighted by molar-refractivity contribution is 7.85. The molecule has 1 aromatic rings. The lowest BCUT2D eigenvalue weighted by molar-refractivity contribution is 0.561. The predicted molar refractivity (Wildman–Crippen MR) is 55.9 cm³/mol. The average molecular weight is 233 g/mol. The number of benzene rings is 1. The third-order valence-electron chi connectivity index (χ3n) is 1.90. The van der Waals surface area contributed by atoms with Gasteiger partial charge in [-0.3, -0.25) is 4.21 Å². The van der Waals surface area contributed by atoms with Crippen LogP contribution in [0.1, 0.15) is 13.3 Å². The summed E-state index contributed by atoms with van der Waals surface area (Å²) in [7, 11) is -1.45. The Kier molecular flexibility index (Phi) is 4.35. The molecule has 2 unspecified atom stereocenters. The maximum absolute atomic E-state index is 13.2. The summed E-state index contributed by atoms with van der Waals surface area (Å²) in [5.74, 6) is -1.14. The summed E-state index contributed by atoms with van der Waals surface area (Å²) >= 11 is 0. The molecular formula is C10H13F2NOS. The van der Waals surface area contributed by atoms with Crippen molar-refractivity contribution in [2.75, 3.05) is 5.75 Å². The van der Waals surface area contributed by atoms with Crippen LogP contribution >= 0.6 is 0 Å².